The van der Waals surface area contributed by atoms with Crippen LogP contribution in [0.2, 0.25) is 5.02 Å². The Morgan fingerprint density at radius 2 is 1.85 bits per heavy atom. The third-order valence-corrected chi connectivity index (χ3v) is 5.58. The van der Waals surface area contributed by atoms with Crippen LogP contribution in [0, 0.1) is 5.82 Å². The number of sulfonamides is 1. The van der Waals surface area contributed by atoms with Gasteiger partial charge in [-0.25, -0.2) is 17.3 Å². The highest BCUT2D eigenvalue weighted by Gasteiger charge is 2.18. The summed E-state index contributed by atoms with van der Waals surface area (Å²) in [7, 11) is -3.92. The van der Waals surface area contributed by atoms with E-state index in [1.807, 2.05) is 6.07 Å². The molecular formula is C18H12ClFN4O2S. The zero-order valence-electron chi connectivity index (χ0n) is 13.7. The highest BCUT2D eigenvalue weighted by molar-refractivity contribution is 7.92. The maximum Gasteiger partial charge on any atom is 0.263 e. The van der Waals surface area contributed by atoms with Gasteiger partial charge in [0.15, 0.2) is 0 Å². The lowest BCUT2D eigenvalue weighted by Gasteiger charge is -2.10. The smallest absolute Gasteiger partial charge is 0.263 e. The number of rotatable bonds is 4. The number of nitrogens with zero attached hydrogens (tertiary/aromatic N) is 3. The molecule has 0 unspecified atom stereocenters. The molecule has 0 saturated carbocycles. The summed E-state index contributed by atoms with van der Waals surface area (Å²) in [6.45, 7) is 0. The fourth-order valence-electron chi connectivity index (χ4n) is 2.59. The van der Waals surface area contributed by atoms with Crippen LogP contribution in [0.25, 0.3) is 16.8 Å². The maximum absolute atomic E-state index is 13.1. The Balaban J connectivity index is 1.79. The summed E-state index contributed by atoms with van der Waals surface area (Å²) < 4.78 is 42.1. The third kappa shape index (κ3) is 3.36. The van der Waals surface area contributed by atoms with E-state index in [2.05, 4.69) is 14.8 Å². The second-order valence-electron chi connectivity index (χ2n) is 5.69. The minimum absolute atomic E-state index is 0.0633. The normalized spacial score (nSPS) is 11.6. The molecule has 0 bridgehead atoms. The van der Waals surface area contributed by atoms with Crippen molar-refractivity contribution in [2.75, 3.05) is 4.72 Å². The highest BCUT2D eigenvalue weighted by Crippen LogP contribution is 2.28. The van der Waals surface area contributed by atoms with Crippen molar-refractivity contribution in [1.29, 1.82) is 0 Å². The molecule has 3 heterocycles. The van der Waals surface area contributed by atoms with Gasteiger partial charge < -0.3 is 0 Å². The van der Waals surface area contributed by atoms with Crippen molar-refractivity contribution >= 4 is 33.0 Å². The van der Waals surface area contributed by atoms with Gasteiger partial charge in [0, 0.05) is 18.0 Å². The van der Waals surface area contributed by atoms with Crippen LogP contribution in [0.15, 0.2) is 71.9 Å². The number of aromatic nitrogens is 3. The maximum atomic E-state index is 13.1. The summed E-state index contributed by atoms with van der Waals surface area (Å²) >= 11 is 6.24. The molecule has 27 heavy (non-hydrogen) atoms. The fraction of sp³-hybridized carbons (Fsp3) is 0. The lowest BCUT2D eigenvalue weighted by Crippen LogP contribution is -2.15. The molecular weight excluding hydrogens is 391 g/mol. The fourth-order valence-corrected chi connectivity index (χ4v) is 3.83. The zero-order valence-corrected chi connectivity index (χ0v) is 15.2. The average molecular weight is 403 g/mol. The third-order valence-electron chi connectivity index (χ3n) is 3.89. The van der Waals surface area contributed by atoms with Gasteiger partial charge in [-0.3, -0.25) is 9.71 Å². The second-order valence-corrected chi connectivity index (χ2v) is 7.78. The van der Waals surface area contributed by atoms with Crippen molar-refractivity contribution in [2.24, 2.45) is 0 Å². The number of nitrogens with one attached hydrogen (secondary N) is 1. The van der Waals surface area contributed by atoms with Crippen LogP contribution >= 0.6 is 11.6 Å². The standard InChI is InChI=1S/C18H12ClFN4O2S/c19-15-7-8-18(23-27(25,26)14-5-3-13(20)4-6-14)24-17(15)10-16(22-24)12-2-1-9-21-11-12/h1-11,23H. The molecule has 6 nitrogen and oxygen atoms in total. The summed E-state index contributed by atoms with van der Waals surface area (Å²) in [5, 5.41) is 4.86. The van der Waals surface area contributed by atoms with Crippen molar-refractivity contribution in [2.45, 2.75) is 4.90 Å². The molecule has 0 aliphatic heterocycles. The molecule has 1 N–H and O–H groups in total. The van der Waals surface area contributed by atoms with Crippen LogP contribution in [0.1, 0.15) is 0 Å². The Kier molecular flexibility index (Phi) is 4.29. The van der Waals surface area contributed by atoms with Crippen LogP contribution in [-0.4, -0.2) is 23.0 Å². The van der Waals surface area contributed by atoms with E-state index in [-0.39, 0.29) is 10.7 Å². The molecule has 0 fully saturated rings. The predicted molar refractivity (Wildman–Crippen MR) is 101 cm³/mol. The summed E-state index contributed by atoms with van der Waals surface area (Å²) in [5.41, 5.74) is 1.90. The molecule has 0 radical (unpaired) electrons. The first-order chi connectivity index (χ1) is 12.9. The Labute approximate surface area is 159 Å². The van der Waals surface area contributed by atoms with E-state index in [9.17, 15) is 12.8 Å². The summed E-state index contributed by atoms with van der Waals surface area (Å²) in [6.07, 6.45) is 3.30. The van der Waals surface area contributed by atoms with Crippen LogP contribution in [0.3, 0.4) is 0 Å². The van der Waals surface area contributed by atoms with Crippen molar-refractivity contribution in [3.63, 3.8) is 0 Å². The zero-order chi connectivity index (χ0) is 19.0. The van der Waals surface area contributed by atoms with Crippen molar-refractivity contribution < 1.29 is 12.8 Å². The number of fused-ring (bicyclic) bond motifs is 1. The van der Waals surface area contributed by atoms with E-state index in [1.54, 1.807) is 30.6 Å². The monoisotopic (exact) mass is 402 g/mol. The van der Waals surface area contributed by atoms with Gasteiger partial charge in [-0.05, 0) is 54.6 Å². The Bertz CT molecular complexity index is 1230. The van der Waals surface area contributed by atoms with E-state index in [4.69, 9.17) is 11.6 Å². The highest BCUT2D eigenvalue weighted by atomic mass is 35.5. The number of hydrogen-bond donors (Lipinski definition) is 1. The largest absolute Gasteiger partial charge is 0.264 e. The predicted octanol–water partition coefficient (Wildman–Crippen LogP) is 3.99. The van der Waals surface area contributed by atoms with Gasteiger partial charge in [0.05, 0.1) is 21.1 Å². The lowest BCUT2D eigenvalue weighted by atomic mass is 10.2. The molecule has 0 saturated heterocycles. The topological polar surface area (TPSA) is 76.4 Å². The number of benzene rings is 1. The summed E-state index contributed by atoms with van der Waals surface area (Å²) in [5.74, 6) is -0.315. The Morgan fingerprint density at radius 1 is 1.07 bits per heavy atom. The number of pyridine rings is 2. The molecule has 0 amide bonds. The Hall–Kier alpha value is -2.97. The first-order valence-corrected chi connectivity index (χ1v) is 9.67. The molecule has 4 rings (SSSR count). The van der Waals surface area contributed by atoms with E-state index in [0.717, 1.165) is 17.7 Å². The minimum Gasteiger partial charge on any atom is -0.264 e. The van der Waals surface area contributed by atoms with Crippen molar-refractivity contribution in [3.05, 3.63) is 77.8 Å². The van der Waals surface area contributed by atoms with Gasteiger partial charge in [0.1, 0.15) is 11.6 Å². The Morgan fingerprint density at radius 3 is 2.56 bits per heavy atom. The summed E-state index contributed by atoms with van der Waals surface area (Å²) in [4.78, 5) is 3.99. The van der Waals surface area contributed by atoms with Crippen LogP contribution in [0.4, 0.5) is 10.2 Å². The minimum atomic E-state index is -3.92. The van der Waals surface area contributed by atoms with E-state index in [1.165, 1.54) is 22.7 Å². The van der Waals surface area contributed by atoms with Crippen LogP contribution in [0.5, 0.6) is 0 Å². The number of anilines is 1. The van der Waals surface area contributed by atoms with E-state index < -0.39 is 15.8 Å². The molecule has 4 aromatic rings. The second kappa shape index (κ2) is 6.64. The van der Waals surface area contributed by atoms with Crippen molar-refractivity contribution in [1.82, 2.24) is 14.6 Å². The van der Waals surface area contributed by atoms with Crippen molar-refractivity contribution in [3.8, 4) is 11.3 Å². The SMILES string of the molecule is O=S(=O)(Nc1ccc(Cl)c2cc(-c3cccnc3)nn12)c1ccc(F)cc1. The van der Waals surface area contributed by atoms with Gasteiger partial charge in [-0.2, -0.15) is 5.10 Å². The van der Waals surface area contributed by atoms with Gasteiger partial charge in [0.2, 0.25) is 0 Å². The molecule has 0 atom stereocenters. The average Bonchev–Trinajstić information content (AvgIpc) is 3.12. The molecule has 0 aliphatic rings. The van der Waals surface area contributed by atoms with E-state index in [0.29, 0.717) is 16.2 Å². The first-order valence-electron chi connectivity index (χ1n) is 7.81. The van der Waals surface area contributed by atoms with Gasteiger partial charge in [-0.15, -0.1) is 0 Å². The molecule has 0 spiro atoms. The molecule has 0 aliphatic carbocycles. The lowest BCUT2D eigenvalue weighted by molar-refractivity contribution is 0.599. The summed E-state index contributed by atoms with van der Waals surface area (Å²) in [6, 6.07) is 13.0. The molecule has 1 aromatic carbocycles. The van der Waals surface area contributed by atoms with Crippen LogP contribution < -0.4 is 4.72 Å². The van der Waals surface area contributed by atoms with Gasteiger partial charge in [0.25, 0.3) is 10.0 Å². The molecule has 3 aromatic heterocycles. The van der Waals surface area contributed by atoms with Gasteiger partial charge in [-0.1, -0.05) is 11.6 Å². The van der Waals surface area contributed by atoms with Gasteiger partial charge >= 0.3 is 0 Å². The van der Waals surface area contributed by atoms with Crippen LogP contribution in [-0.2, 0) is 10.0 Å². The molecule has 136 valence electrons. The first kappa shape index (κ1) is 17.4. The molecule has 9 heteroatoms. The quantitative estimate of drug-likeness (QED) is 0.560. The number of halogens is 2. The number of hydrogen-bond acceptors (Lipinski definition) is 4. The van der Waals surface area contributed by atoms with E-state index >= 15 is 0 Å².